The van der Waals surface area contributed by atoms with Crippen LogP contribution in [0.2, 0.25) is 0 Å². The van der Waals surface area contributed by atoms with Crippen LogP contribution in [0.5, 0.6) is 0 Å². The number of aliphatic hydroxyl groups is 2. The Hall–Kier alpha value is -9.55. The number of hydrogen-bond donors (Lipinski definition) is 27. The molecule has 48 nitrogen and oxygen atoms in total. The summed E-state index contributed by atoms with van der Waals surface area (Å²) in [5.74, 6) is -9.92. The van der Waals surface area contributed by atoms with Gasteiger partial charge in [0.2, 0.25) is 71.4 Å². The van der Waals surface area contributed by atoms with E-state index in [4.69, 9.17) is 57.7 Å². The SMILES string of the molecule is CC(C)CC1NC(=O)C(Cc2ccccc2)NC(=O)C(CCN)NC(=O)C(NC(=O)C(CCN)NC(=O)C(CCO)NC(=O)C(CCN)NC=O)CCNC(=O)C(CCO)NC(=O)C(CCN)NC(=O)C(CCN)NC1=O.CCN[C@@H](CC(N)=O)C(=O)CC(=O)[C@H](Cc1cnc[nH]1)NCN[C@H](C(=O)CCC(=O)[C@@H](NCCC(=O)C1CSC(C(N)C(C)CC)=N1)[C@H](C)CC)[C@H](C)CC.O=S(=O)(O)O.[Zn]. The number of primary amides is 1. The van der Waals surface area contributed by atoms with Crippen molar-refractivity contribution in [3.8, 4) is 0 Å². The van der Waals surface area contributed by atoms with Gasteiger partial charge in [0.1, 0.15) is 78.0 Å². The Kier molecular flexibility index (Phi) is 63.5. The van der Waals surface area contributed by atoms with Crippen molar-refractivity contribution in [3.05, 3.63) is 54.1 Å². The van der Waals surface area contributed by atoms with Gasteiger partial charge in [0, 0.05) is 109 Å². The van der Waals surface area contributed by atoms with Gasteiger partial charge in [-0.1, -0.05) is 112 Å². The molecule has 1 saturated heterocycles. The molecule has 2 aliphatic rings. The molecule has 0 spiro atoms. The van der Waals surface area contributed by atoms with Crippen LogP contribution in [0.3, 0.4) is 0 Å². The van der Waals surface area contributed by atoms with Crippen molar-refractivity contribution < 1.29 is 129 Å². The second-order valence-corrected chi connectivity index (χ2v) is 35.9. The van der Waals surface area contributed by atoms with E-state index in [1.807, 2.05) is 27.7 Å². The number of benzene rings is 1. The van der Waals surface area contributed by atoms with Gasteiger partial charge in [-0.25, -0.2) is 4.98 Å². The molecular weight excluding hydrogens is 1890 g/mol. The minimum Gasteiger partial charge on any atom is -0.396 e. The van der Waals surface area contributed by atoms with Gasteiger partial charge in [-0.05, 0) is 126 Å². The molecule has 4 rings (SSSR count). The second-order valence-electron chi connectivity index (χ2n) is 34.0. The number of hydrogen-bond acceptors (Lipinski definition) is 34. The first-order valence-electron chi connectivity index (χ1n) is 46.4. The third-order valence-electron chi connectivity index (χ3n) is 22.8. The number of likely N-dealkylation sites (N-methyl/N-ethyl adjacent to an activating group) is 1. The van der Waals surface area contributed by atoms with Gasteiger partial charge in [0.05, 0.1) is 48.0 Å². The number of aromatic nitrogens is 2. The van der Waals surface area contributed by atoms with Crippen LogP contribution in [0.25, 0.3) is 0 Å². The number of aliphatic hydroxyl groups excluding tert-OH is 2. The predicted molar refractivity (Wildman–Crippen MR) is 511 cm³/mol. The molecule has 12 amide bonds. The van der Waals surface area contributed by atoms with Crippen molar-refractivity contribution in [2.24, 2.45) is 68.8 Å². The van der Waals surface area contributed by atoms with E-state index in [2.05, 4.69) is 109 Å². The predicted octanol–water partition coefficient (Wildman–Crippen LogP) is -6.85. The van der Waals surface area contributed by atoms with Crippen molar-refractivity contribution in [3.63, 3.8) is 0 Å². The van der Waals surface area contributed by atoms with E-state index >= 15 is 0 Å². The zero-order valence-corrected chi connectivity index (χ0v) is 85.2. The summed E-state index contributed by atoms with van der Waals surface area (Å²) in [6, 6.07) is -8.79. The van der Waals surface area contributed by atoms with Crippen molar-refractivity contribution >= 4 is 128 Å². The summed E-state index contributed by atoms with van der Waals surface area (Å²) in [4.78, 5) is 240. The monoisotopic (exact) mass is 2040 g/mol. The molecule has 0 radical (unpaired) electrons. The third-order valence-corrected chi connectivity index (χ3v) is 24.0. The van der Waals surface area contributed by atoms with Gasteiger partial charge in [0.25, 0.3) is 0 Å². The number of nitrogens with one attached hydrogen (secondary N) is 16. The number of nitrogens with two attached hydrogens (primary N) is 7. The molecule has 1 aromatic heterocycles. The number of nitrogens with zero attached hydrogens (tertiary/aromatic N) is 2. The number of thioether (sulfide) groups is 1. The molecule has 51 heteroatoms. The average Bonchev–Trinajstić information content (AvgIpc) is 1.58. The number of carbonyl (C=O) groups excluding carboxylic acids is 17. The quantitative estimate of drug-likeness (QED) is 0.00962. The minimum absolute atomic E-state index is 0. The Morgan fingerprint density at radius 3 is 1.54 bits per heavy atom. The summed E-state index contributed by atoms with van der Waals surface area (Å²) in [6.45, 7) is 16.1. The molecule has 138 heavy (non-hydrogen) atoms. The molecule has 0 saturated carbocycles. The van der Waals surface area contributed by atoms with Gasteiger partial charge in [-0.2, -0.15) is 8.42 Å². The number of aliphatic imine (C=N–C) groups is 1. The summed E-state index contributed by atoms with van der Waals surface area (Å²) in [7, 11) is -4.67. The number of Topliss-reactive ketones (excluding diaryl/α,β-unsaturated/α-hetero) is 5. The number of rotatable bonds is 57. The Labute approximate surface area is 823 Å². The first-order chi connectivity index (χ1) is 65.0. The molecule has 1 aromatic carbocycles. The Morgan fingerprint density at radius 2 is 1.05 bits per heavy atom. The molecule has 34 N–H and O–H groups in total. The Morgan fingerprint density at radius 1 is 0.565 bits per heavy atom. The van der Waals surface area contributed by atoms with Gasteiger partial charge in [0.15, 0.2) is 17.3 Å². The fraction of sp³-hybridized carbons (Fsp3) is 0.690. The fourth-order valence-corrected chi connectivity index (χ4v) is 15.7. The molecule has 0 bridgehead atoms. The molecule has 13 unspecified atom stereocenters. The van der Waals surface area contributed by atoms with E-state index < -0.39 is 204 Å². The van der Waals surface area contributed by atoms with Crippen LogP contribution in [0.4, 0.5) is 0 Å². The van der Waals surface area contributed by atoms with Crippen molar-refractivity contribution in [2.75, 3.05) is 78.0 Å². The van der Waals surface area contributed by atoms with Crippen LogP contribution in [0.15, 0.2) is 47.8 Å². The smallest absolute Gasteiger partial charge is 0.394 e. The van der Waals surface area contributed by atoms with Crippen LogP contribution >= 0.6 is 11.8 Å². The fourth-order valence-electron chi connectivity index (χ4n) is 14.4. The van der Waals surface area contributed by atoms with Gasteiger partial charge < -0.3 is 124 Å². The largest absolute Gasteiger partial charge is 0.396 e. The first-order valence-corrected chi connectivity index (χ1v) is 48.8. The van der Waals surface area contributed by atoms with Crippen molar-refractivity contribution in [1.82, 2.24) is 89.7 Å². The minimum atomic E-state index is -4.67. The summed E-state index contributed by atoms with van der Waals surface area (Å²) in [6.07, 6.45) is 3.82. The average molecular weight is 2040 g/mol. The maximum atomic E-state index is 14.4. The zero-order valence-electron chi connectivity index (χ0n) is 80.6. The standard InChI is InChI=1S/C48H82N16O13.C39H67N9O6S.H2O4S.Zn/c1-27(2)24-37-47(76)59-32(11-19-52)41(70)56-31(10-18-51)43(72)61-35(14-22-65)39(68)54-21-13-34(45(74)57-33(12-20-53)44(73)64-38(48(77)63-37)25-28-6-4-3-5-7-28)60-42(71)30(9-17-50)58-46(75)36(15-23-66)62-40(69)29(8-16-49)55-26-67;1-8-23(5)36(41)39-48-29(20-55-39)30(49)14-15-44-37(24(6)9-2)31(50)12-13-32(51)38(25(7)10-3)47-22-46-27(16-26-19-42-21-45-26)33(52)18-34(53)28(43-11-4)17-35(40)54;1-5(2,3)4;/h3-7,26-27,29-38,65-66H,8-25,49-53H2,1-2H3,(H,54,68)(H,55,67)(H,56,70)(H,57,74)(H,58,75)(H,59,76)(H,60,71)(H,61,72)(H,62,69)(H,63,77)(H,64,73);19,21,23-25,27-29,36-38,43-44,46-47H,8-18,20,22,41H2,1-7H3,(H2,40,54)(H,42,45);(H2,1,2,3,4);/t;23?,24-,25-,27+,28+,29?,36?,37+,38+;;/m.1../s1. The number of H-pyrrole nitrogens is 1. The van der Waals surface area contributed by atoms with E-state index in [0.717, 1.165) is 17.9 Å². The molecule has 0 aliphatic carbocycles. The van der Waals surface area contributed by atoms with Gasteiger partial charge in [-0.15, -0.1) is 11.8 Å². The van der Waals surface area contributed by atoms with Crippen LogP contribution < -0.4 is 120 Å². The van der Waals surface area contributed by atoms with Crippen molar-refractivity contribution in [1.29, 1.82) is 0 Å². The number of amides is 12. The van der Waals surface area contributed by atoms with Crippen LogP contribution in [-0.2, 0) is 124 Å². The molecule has 776 valence electrons. The van der Waals surface area contributed by atoms with E-state index in [-0.39, 0.29) is 208 Å². The van der Waals surface area contributed by atoms with E-state index in [1.165, 1.54) is 6.33 Å². The van der Waals surface area contributed by atoms with E-state index in [9.17, 15) is 91.7 Å². The normalized spacial score (nSPS) is 20.6. The van der Waals surface area contributed by atoms with E-state index in [0.29, 0.717) is 36.5 Å². The second kappa shape index (κ2) is 69.3. The maximum absolute atomic E-state index is 14.4. The summed E-state index contributed by atoms with van der Waals surface area (Å²) < 4.78 is 31.6. The number of carbonyl (C=O) groups is 17. The topological polar surface area (TPSA) is 809 Å². The summed E-state index contributed by atoms with van der Waals surface area (Å²) in [5, 5.41) is 61.0. The summed E-state index contributed by atoms with van der Waals surface area (Å²) in [5.41, 5.74) is 41.9. The Bertz CT molecular complexity index is 4280. The van der Waals surface area contributed by atoms with Crippen LogP contribution in [-0.4, -0.2) is 318 Å². The van der Waals surface area contributed by atoms with Gasteiger partial charge >= 0.3 is 10.4 Å². The number of ketones is 5. The third kappa shape index (κ3) is 48.6. The summed E-state index contributed by atoms with van der Waals surface area (Å²) >= 11 is 1.56. The molecule has 1 fully saturated rings. The number of aromatic amines is 1. The zero-order chi connectivity index (χ0) is 103. The van der Waals surface area contributed by atoms with Crippen LogP contribution in [0.1, 0.15) is 183 Å². The first kappa shape index (κ1) is 126. The number of imidazole rings is 1. The van der Waals surface area contributed by atoms with Crippen LogP contribution in [0, 0.1) is 23.7 Å². The molecule has 2 aromatic rings. The maximum Gasteiger partial charge on any atom is 0.394 e. The molecule has 2 aliphatic heterocycles. The molecule has 3 heterocycles. The van der Waals surface area contributed by atoms with Gasteiger partial charge in [-0.3, -0.25) is 106 Å². The van der Waals surface area contributed by atoms with E-state index in [1.54, 1.807) is 69.1 Å². The Balaban J connectivity index is 0.00000137. The molecular formula is C87H151N25O23S2Zn. The van der Waals surface area contributed by atoms with Crippen molar-refractivity contribution in [2.45, 2.75) is 281 Å². The molecule has 19 atom stereocenters.